The molecule has 0 fully saturated rings. The van der Waals surface area contributed by atoms with Crippen LogP contribution in [0.25, 0.3) is 0 Å². The van der Waals surface area contributed by atoms with Gasteiger partial charge in [0.1, 0.15) is 4.88 Å². The van der Waals surface area contributed by atoms with Crippen LogP contribution in [-0.4, -0.2) is 36.0 Å². The molecule has 1 amide bonds. The number of thiazole rings is 1. The van der Waals surface area contributed by atoms with Gasteiger partial charge in [0.15, 0.2) is 0 Å². The van der Waals surface area contributed by atoms with Gasteiger partial charge in [-0.05, 0) is 31.4 Å². The number of hydrogen-bond donors (Lipinski definition) is 0. The van der Waals surface area contributed by atoms with Crippen LogP contribution in [0, 0.1) is 6.92 Å². The summed E-state index contributed by atoms with van der Waals surface area (Å²) in [5, 5.41) is 0. The lowest BCUT2D eigenvalue weighted by atomic mass is 10.0. The van der Waals surface area contributed by atoms with E-state index in [0.717, 1.165) is 6.42 Å². The maximum atomic E-state index is 12.7. The summed E-state index contributed by atoms with van der Waals surface area (Å²) in [5.74, 6) is 0.00985. The molecule has 0 bridgehead atoms. The van der Waals surface area contributed by atoms with Crippen molar-refractivity contribution in [1.82, 2.24) is 9.88 Å². The summed E-state index contributed by atoms with van der Waals surface area (Å²) in [6.07, 6.45) is 0.841. The molecule has 1 heterocycles. The summed E-state index contributed by atoms with van der Waals surface area (Å²) in [6, 6.07) is 8.41. The van der Waals surface area contributed by atoms with Crippen LogP contribution < -0.4 is 0 Å². The van der Waals surface area contributed by atoms with Crippen LogP contribution >= 0.6 is 11.3 Å². The van der Waals surface area contributed by atoms with Crippen LogP contribution in [0.4, 0.5) is 0 Å². The zero-order chi connectivity index (χ0) is 16.1. The van der Waals surface area contributed by atoms with Crippen LogP contribution in [0.1, 0.15) is 33.4 Å². The molecule has 1 aromatic carbocycles. The first-order valence-electron chi connectivity index (χ1n) is 7.27. The average Bonchev–Trinajstić information content (AvgIpc) is 2.96. The van der Waals surface area contributed by atoms with Gasteiger partial charge >= 0.3 is 0 Å². The van der Waals surface area contributed by atoms with E-state index in [-0.39, 0.29) is 11.9 Å². The molecule has 0 spiro atoms. The molecular formula is C17H22N2O2S. The van der Waals surface area contributed by atoms with Crippen LogP contribution in [-0.2, 0) is 17.8 Å². The Kier molecular flexibility index (Phi) is 5.69. The lowest BCUT2D eigenvalue weighted by Crippen LogP contribution is -2.36. The number of aromatic nitrogens is 1. The normalized spacial score (nSPS) is 12.2. The van der Waals surface area contributed by atoms with Gasteiger partial charge in [-0.1, -0.05) is 24.3 Å². The summed E-state index contributed by atoms with van der Waals surface area (Å²) >= 11 is 1.37. The van der Waals surface area contributed by atoms with E-state index in [1.807, 2.05) is 19.2 Å². The quantitative estimate of drug-likeness (QED) is 0.820. The van der Waals surface area contributed by atoms with E-state index in [1.54, 1.807) is 17.5 Å². The zero-order valence-electron chi connectivity index (χ0n) is 13.5. The fourth-order valence-corrected chi connectivity index (χ4v) is 3.12. The Morgan fingerprint density at radius 3 is 2.82 bits per heavy atom. The van der Waals surface area contributed by atoms with E-state index in [0.29, 0.717) is 17.2 Å². The molecule has 0 unspecified atom stereocenters. The number of amides is 1. The van der Waals surface area contributed by atoms with E-state index in [2.05, 4.69) is 31.0 Å². The first-order chi connectivity index (χ1) is 10.5. The number of aryl methyl sites for hydroxylation is 1. The second-order valence-corrected chi connectivity index (χ2v) is 6.31. The summed E-state index contributed by atoms with van der Waals surface area (Å²) in [6.45, 7) is 4.54. The van der Waals surface area contributed by atoms with Crippen molar-refractivity contribution in [3.05, 3.63) is 51.5 Å². The highest BCUT2D eigenvalue weighted by atomic mass is 32.1. The van der Waals surface area contributed by atoms with Gasteiger partial charge in [0, 0.05) is 20.2 Å². The molecule has 4 nitrogen and oxygen atoms in total. The molecule has 2 aromatic rings. The number of carbonyl (C=O) groups excluding carboxylic acids is 1. The molecule has 0 aliphatic heterocycles. The van der Waals surface area contributed by atoms with Crippen molar-refractivity contribution in [2.24, 2.45) is 0 Å². The van der Waals surface area contributed by atoms with Gasteiger partial charge in [-0.15, -0.1) is 11.3 Å². The van der Waals surface area contributed by atoms with Crippen LogP contribution in [0.2, 0.25) is 0 Å². The third-order valence-corrected chi connectivity index (χ3v) is 4.73. The van der Waals surface area contributed by atoms with E-state index >= 15 is 0 Å². The Bertz CT molecular complexity index is 639. The van der Waals surface area contributed by atoms with Gasteiger partial charge < -0.3 is 9.64 Å². The first-order valence-corrected chi connectivity index (χ1v) is 8.15. The molecule has 5 heteroatoms. The minimum Gasteiger partial charge on any atom is -0.378 e. The van der Waals surface area contributed by atoms with Crippen LogP contribution in [0.3, 0.4) is 0 Å². The first kappa shape index (κ1) is 16.6. The summed E-state index contributed by atoms with van der Waals surface area (Å²) in [5.41, 5.74) is 4.94. The van der Waals surface area contributed by atoms with Gasteiger partial charge in [0.05, 0.1) is 17.8 Å². The molecule has 118 valence electrons. The number of hydrogen-bond acceptors (Lipinski definition) is 4. The van der Waals surface area contributed by atoms with Crippen molar-refractivity contribution in [1.29, 1.82) is 0 Å². The van der Waals surface area contributed by atoms with E-state index in [4.69, 9.17) is 4.74 Å². The van der Waals surface area contributed by atoms with Gasteiger partial charge in [-0.2, -0.15) is 0 Å². The predicted molar refractivity (Wildman–Crippen MR) is 89.3 cm³/mol. The SMILES string of the molecule is COCc1ncsc1C(=O)N(C)[C@H](C)Cc1ccccc1C. The lowest BCUT2D eigenvalue weighted by Gasteiger charge is -2.25. The van der Waals surface area contributed by atoms with Crippen LogP contribution in [0.5, 0.6) is 0 Å². The Labute approximate surface area is 135 Å². The fourth-order valence-electron chi connectivity index (χ4n) is 2.34. The number of methoxy groups -OCH3 is 1. The third-order valence-electron chi connectivity index (χ3n) is 3.87. The Hall–Kier alpha value is -1.72. The number of nitrogens with zero attached hydrogens (tertiary/aromatic N) is 2. The molecule has 1 atom stereocenters. The van der Waals surface area contributed by atoms with Crippen molar-refractivity contribution in [2.45, 2.75) is 32.9 Å². The highest BCUT2D eigenvalue weighted by molar-refractivity contribution is 7.11. The average molecular weight is 318 g/mol. The number of ether oxygens (including phenoxy) is 1. The third kappa shape index (κ3) is 3.72. The number of benzene rings is 1. The van der Waals surface area contributed by atoms with E-state index < -0.39 is 0 Å². The smallest absolute Gasteiger partial charge is 0.265 e. The Morgan fingerprint density at radius 2 is 2.14 bits per heavy atom. The maximum Gasteiger partial charge on any atom is 0.265 e. The number of likely N-dealkylation sites (N-methyl/N-ethyl adjacent to an activating group) is 1. The largest absolute Gasteiger partial charge is 0.378 e. The molecule has 0 aliphatic rings. The number of rotatable bonds is 6. The highest BCUT2D eigenvalue weighted by Gasteiger charge is 2.22. The second kappa shape index (κ2) is 7.51. The standard InChI is InChI=1S/C17H22N2O2S/c1-12-7-5-6-8-14(12)9-13(2)19(3)17(20)16-15(10-21-4)18-11-22-16/h5-8,11,13H,9-10H2,1-4H3/t13-/m1/s1. The molecule has 0 N–H and O–H groups in total. The van der Waals surface area contributed by atoms with Crippen molar-refractivity contribution in [3.63, 3.8) is 0 Å². The maximum absolute atomic E-state index is 12.7. The summed E-state index contributed by atoms with van der Waals surface area (Å²) < 4.78 is 5.10. The molecule has 0 radical (unpaired) electrons. The minimum absolute atomic E-state index is 0.00985. The fraction of sp³-hybridized carbons (Fsp3) is 0.412. The van der Waals surface area contributed by atoms with Crippen LogP contribution in [0.15, 0.2) is 29.8 Å². The number of carbonyl (C=O) groups is 1. The minimum atomic E-state index is 0.00985. The molecule has 2 rings (SSSR count). The van der Waals surface area contributed by atoms with Gasteiger partial charge in [0.25, 0.3) is 5.91 Å². The van der Waals surface area contributed by atoms with Gasteiger partial charge in [0.2, 0.25) is 0 Å². The summed E-state index contributed by atoms with van der Waals surface area (Å²) in [7, 11) is 3.46. The van der Waals surface area contributed by atoms with Crippen molar-refractivity contribution in [3.8, 4) is 0 Å². The Morgan fingerprint density at radius 1 is 1.41 bits per heavy atom. The second-order valence-electron chi connectivity index (χ2n) is 5.46. The van der Waals surface area contributed by atoms with E-state index in [1.165, 1.54) is 22.5 Å². The highest BCUT2D eigenvalue weighted by Crippen LogP contribution is 2.19. The van der Waals surface area contributed by atoms with Crippen molar-refractivity contribution in [2.75, 3.05) is 14.2 Å². The molecule has 22 heavy (non-hydrogen) atoms. The lowest BCUT2D eigenvalue weighted by molar-refractivity contribution is 0.0743. The molecule has 0 saturated carbocycles. The predicted octanol–water partition coefficient (Wildman–Crippen LogP) is 3.30. The topological polar surface area (TPSA) is 42.4 Å². The van der Waals surface area contributed by atoms with Gasteiger partial charge in [-0.3, -0.25) is 4.79 Å². The van der Waals surface area contributed by atoms with Gasteiger partial charge in [-0.25, -0.2) is 4.98 Å². The summed E-state index contributed by atoms with van der Waals surface area (Å²) in [4.78, 5) is 19.3. The molecular weight excluding hydrogens is 296 g/mol. The van der Waals surface area contributed by atoms with E-state index in [9.17, 15) is 4.79 Å². The van der Waals surface area contributed by atoms with Crippen molar-refractivity contribution >= 4 is 17.2 Å². The molecule has 0 aliphatic carbocycles. The Balaban J connectivity index is 2.09. The van der Waals surface area contributed by atoms with Crippen molar-refractivity contribution < 1.29 is 9.53 Å². The molecule has 0 saturated heterocycles. The zero-order valence-corrected chi connectivity index (χ0v) is 14.3. The monoisotopic (exact) mass is 318 g/mol. The molecule has 1 aromatic heterocycles.